The molecular weight excluding hydrogens is 249 g/mol. The smallest absolute Gasteiger partial charge is 0.327 e. The second kappa shape index (κ2) is 6.02. The first kappa shape index (κ1) is 13.8. The molecule has 0 aromatic heterocycles. The van der Waals surface area contributed by atoms with Crippen molar-refractivity contribution in [2.24, 2.45) is 5.92 Å². The van der Waals surface area contributed by atoms with Gasteiger partial charge in [0.25, 0.3) is 0 Å². The predicted octanol–water partition coefficient (Wildman–Crippen LogP) is 2.14. The minimum atomic E-state index is -0.823. The fraction of sp³-hybridized carbons (Fsp3) is 0.500. The molecule has 104 valence electrons. The summed E-state index contributed by atoms with van der Waals surface area (Å²) in [4.78, 5) is 11.9. The Kier molecular flexibility index (Phi) is 4.37. The van der Waals surface area contributed by atoms with Crippen molar-refractivity contribution >= 4 is 5.97 Å². The number of phenolic OH excluding ortho intramolecular Hbond substituents is 1. The Labute approximate surface area is 111 Å². The van der Waals surface area contributed by atoms with Gasteiger partial charge in [-0.05, 0) is 50.4 Å². The minimum Gasteiger partial charge on any atom is -0.508 e. The fourth-order valence-electron chi connectivity index (χ4n) is 1.91. The first-order chi connectivity index (χ1) is 9.11. The van der Waals surface area contributed by atoms with E-state index in [1.807, 2.05) is 0 Å². The number of rotatable bonds is 6. The molecule has 1 saturated carbocycles. The second-order valence-electron chi connectivity index (χ2n) is 4.74. The lowest BCUT2D eigenvalue weighted by molar-refractivity contribution is -0.145. The number of ether oxygens (including phenoxy) is 1. The molecule has 2 N–H and O–H groups in total. The van der Waals surface area contributed by atoms with Gasteiger partial charge in [0.05, 0.1) is 6.61 Å². The van der Waals surface area contributed by atoms with Gasteiger partial charge >= 0.3 is 5.97 Å². The van der Waals surface area contributed by atoms with Crippen LogP contribution in [0, 0.1) is 11.7 Å². The van der Waals surface area contributed by atoms with E-state index in [2.05, 4.69) is 5.32 Å². The number of phenols is 1. The van der Waals surface area contributed by atoms with Crippen LogP contribution in [0.2, 0.25) is 0 Å². The molecule has 1 unspecified atom stereocenters. The number of carbonyl (C=O) groups excluding carboxylic acids is 1. The number of esters is 1. The van der Waals surface area contributed by atoms with Crippen LogP contribution in [-0.4, -0.2) is 24.2 Å². The lowest BCUT2D eigenvalue weighted by atomic mass is 10.1. The Morgan fingerprint density at radius 2 is 2.32 bits per heavy atom. The van der Waals surface area contributed by atoms with Gasteiger partial charge in [-0.15, -0.1) is 0 Å². The summed E-state index contributed by atoms with van der Waals surface area (Å²) >= 11 is 0. The van der Waals surface area contributed by atoms with Crippen LogP contribution in [0.3, 0.4) is 0 Å². The molecule has 5 heteroatoms. The maximum absolute atomic E-state index is 13.3. The third kappa shape index (κ3) is 3.67. The fourth-order valence-corrected chi connectivity index (χ4v) is 1.91. The van der Waals surface area contributed by atoms with Gasteiger partial charge in [-0.25, -0.2) is 9.18 Å². The molecule has 0 bridgehead atoms. The number of hydrogen-bond donors (Lipinski definition) is 2. The first-order valence-electron chi connectivity index (χ1n) is 6.50. The minimum absolute atomic E-state index is 0.109. The van der Waals surface area contributed by atoms with Crippen molar-refractivity contribution in [1.82, 2.24) is 5.32 Å². The van der Waals surface area contributed by atoms with Gasteiger partial charge in [0.1, 0.15) is 17.6 Å². The van der Waals surface area contributed by atoms with Crippen LogP contribution in [0.4, 0.5) is 4.39 Å². The Balaban J connectivity index is 2.18. The van der Waals surface area contributed by atoms with Crippen molar-refractivity contribution in [3.63, 3.8) is 0 Å². The molecule has 19 heavy (non-hydrogen) atoms. The van der Waals surface area contributed by atoms with E-state index >= 15 is 0 Å². The zero-order valence-electron chi connectivity index (χ0n) is 10.9. The van der Waals surface area contributed by atoms with Crippen molar-refractivity contribution in [3.05, 3.63) is 29.6 Å². The number of benzene rings is 1. The highest BCUT2D eigenvalue weighted by molar-refractivity contribution is 5.78. The van der Waals surface area contributed by atoms with Crippen LogP contribution in [0.25, 0.3) is 0 Å². The predicted molar refractivity (Wildman–Crippen MR) is 68.2 cm³/mol. The Morgan fingerprint density at radius 3 is 2.95 bits per heavy atom. The van der Waals surface area contributed by atoms with Gasteiger partial charge in [0.15, 0.2) is 0 Å². The summed E-state index contributed by atoms with van der Waals surface area (Å²) in [5.41, 5.74) is 0.221. The van der Waals surface area contributed by atoms with Crippen LogP contribution in [0.1, 0.15) is 31.4 Å². The van der Waals surface area contributed by atoms with Gasteiger partial charge < -0.3 is 15.2 Å². The topological polar surface area (TPSA) is 58.6 Å². The van der Waals surface area contributed by atoms with Gasteiger partial charge in [0.2, 0.25) is 0 Å². The molecule has 1 atom stereocenters. The van der Waals surface area contributed by atoms with E-state index in [1.165, 1.54) is 6.07 Å². The average molecular weight is 267 g/mol. The Hall–Kier alpha value is -1.62. The average Bonchev–Trinajstić information content (AvgIpc) is 3.18. The van der Waals surface area contributed by atoms with E-state index in [0.29, 0.717) is 12.5 Å². The zero-order valence-corrected chi connectivity index (χ0v) is 10.9. The quantitative estimate of drug-likeness (QED) is 0.775. The first-order valence-corrected chi connectivity index (χ1v) is 6.50. The van der Waals surface area contributed by atoms with Gasteiger partial charge in [0, 0.05) is 5.56 Å². The number of hydrogen-bond acceptors (Lipinski definition) is 4. The van der Waals surface area contributed by atoms with Crippen LogP contribution in [-0.2, 0) is 9.53 Å². The van der Waals surface area contributed by atoms with E-state index in [1.54, 1.807) is 6.92 Å². The zero-order chi connectivity index (χ0) is 13.8. The molecule has 1 aromatic rings. The standard InChI is InChI=1S/C14H18FNO3/c1-2-19-14(18)13(16-8-9-3-4-9)11-7-10(15)5-6-12(11)17/h5-7,9,13,16-17H,2-4,8H2,1H3. The summed E-state index contributed by atoms with van der Waals surface area (Å²) < 4.78 is 18.2. The summed E-state index contributed by atoms with van der Waals surface area (Å²) in [6, 6.07) is 2.74. The van der Waals surface area contributed by atoms with E-state index in [4.69, 9.17) is 4.74 Å². The van der Waals surface area contributed by atoms with Crippen molar-refractivity contribution < 1.29 is 19.0 Å². The lowest BCUT2D eigenvalue weighted by Gasteiger charge is -2.18. The van der Waals surface area contributed by atoms with Crippen LogP contribution < -0.4 is 5.32 Å². The molecule has 0 radical (unpaired) electrons. The molecule has 0 saturated heterocycles. The maximum Gasteiger partial charge on any atom is 0.327 e. The van der Waals surface area contributed by atoms with Crippen molar-refractivity contribution in [1.29, 1.82) is 0 Å². The van der Waals surface area contributed by atoms with E-state index < -0.39 is 17.8 Å². The molecule has 1 aliphatic carbocycles. The summed E-state index contributed by atoms with van der Waals surface area (Å²) in [6.45, 7) is 2.62. The summed E-state index contributed by atoms with van der Waals surface area (Å²) in [5.74, 6) is -0.533. The largest absolute Gasteiger partial charge is 0.508 e. The normalized spacial score (nSPS) is 16.1. The third-order valence-electron chi connectivity index (χ3n) is 3.13. The molecule has 0 spiro atoms. The molecule has 1 aromatic carbocycles. The SMILES string of the molecule is CCOC(=O)C(NCC1CC1)c1cc(F)ccc1O. The van der Waals surface area contributed by atoms with Crippen LogP contribution >= 0.6 is 0 Å². The Morgan fingerprint density at radius 1 is 1.58 bits per heavy atom. The van der Waals surface area contributed by atoms with Crippen LogP contribution in [0.5, 0.6) is 5.75 Å². The van der Waals surface area contributed by atoms with Crippen molar-refractivity contribution in [3.8, 4) is 5.75 Å². The number of aromatic hydroxyl groups is 1. The Bertz CT molecular complexity index is 460. The lowest BCUT2D eigenvalue weighted by Crippen LogP contribution is -2.31. The van der Waals surface area contributed by atoms with E-state index in [0.717, 1.165) is 25.0 Å². The summed E-state index contributed by atoms with van der Waals surface area (Å²) in [5, 5.41) is 12.8. The highest BCUT2D eigenvalue weighted by Gasteiger charge is 2.28. The number of halogens is 1. The van der Waals surface area contributed by atoms with Gasteiger partial charge in [-0.2, -0.15) is 0 Å². The van der Waals surface area contributed by atoms with Gasteiger partial charge in [-0.3, -0.25) is 0 Å². The summed E-state index contributed by atoms with van der Waals surface area (Å²) in [7, 11) is 0. The molecule has 1 aliphatic rings. The number of nitrogens with one attached hydrogen (secondary N) is 1. The third-order valence-corrected chi connectivity index (χ3v) is 3.13. The molecular formula is C14H18FNO3. The number of carbonyl (C=O) groups is 1. The molecule has 0 aliphatic heterocycles. The van der Waals surface area contributed by atoms with Crippen LogP contribution in [0.15, 0.2) is 18.2 Å². The van der Waals surface area contributed by atoms with E-state index in [9.17, 15) is 14.3 Å². The highest BCUT2D eigenvalue weighted by Crippen LogP contribution is 2.30. The molecule has 1 fully saturated rings. The van der Waals surface area contributed by atoms with E-state index in [-0.39, 0.29) is 17.9 Å². The summed E-state index contributed by atoms with van der Waals surface area (Å²) in [6.07, 6.45) is 2.27. The monoisotopic (exact) mass is 267 g/mol. The van der Waals surface area contributed by atoms with Crippen molar-refractivity contribution in [2.45, 2.75) is 25.8 Å². The molecule has 2 rings (SSSR count). The van der Waals surface area contributed by atoms with Crippen molar-refractivity contribution in [2.75, 3.05) is 13.2 Å². The molecule has 0 heterocycles. The second-order valence-corrected chi connectivity index (χ2v) is 4.74. The molecule has 0 amide bonds. The highest BCUT2D eigenvalue weighted by atomic mass is 19.1. The van der Waals surface area contributed by atoms with Gasteiger partial charge in [-0.1, -0.05) is 0 Å². The molecule has 4 nitrogen and oxygen atoms in total. The maximum atomic E-state index is 13.3.